The summed E-state index contributed by atoms with van der Waals surface area (Å²) in [5.41, 5.74) is 0.422. The second-order valence-corrected chi connectivity index (χ2v) is 14.7. The quantitative estimate of drug-likeness (QED) is 0.291. The maximum Gasteiger partial charge on any atom is 0.0177 e. The molecule has 0 aliphatic carbocycles. The van der Waals surface area contributed by atoms with Gasteiger partial charge >= 0.3 is 0 Å². The minimum Gasteiger partial charge on any atom is -0.175 e. The van der Waals surface area contributed by atoms with E-state index >= 15 is 0 Å². The summed E-state index contributed by atoms with van der Waals surface area (Å²) in [5, 5.41) is 2.89. The zero-order chi connectivity index (χ0) is 15.3. The molecule has 0 aromatic carbocycles. The van der Waals surface area contributed by atoms with Crippen molar-refractivity contribution in [3.8, 4) is 0 Å². The van der Waals surface area contributed by atoms with Gasteiger partial charge in [-0.25, -0.2) is 0 Å². The van der Waals surface area contributed by atoms with Crippen molar-refractivity contribution in [3.05, 3.63) is 0 Å². The summed E-state index contributed by atoms with van der Waals surface area (Å²) in [5.74, 6) is 0. The maximum atomic E-state index is 4.87. The number of thiol groups is 1. The predicted molar refractivity (Wildman–Crippen MR) is 114 cm³/mol. The highest BCUT2D eigenvalue weighted by molar-refractivity contribution is 14.2. The van der Waals surface area contributed by atoms with Gasteiger partial charge in [-0.2, -0.15) is 24.4 Å². The van der Waals surface area contributed by atoms with Gasteiger partial charge in [0.15, 0.2) is 0 Å². The molecule has 0 aromatic rings. The van der Waals surface area contributed by atoms with Crippen LogP contribution in [-0.2, 0) is 0 Å². The van der Waals surface area contributed by atoms with Gasteiger partial charge in [0, 0.05) is 23.8 Å². The molecule has 0 amide bonds. The Morgan fingerprint density at radius 1 is 1.45 bits per heavy atom. The van der Waals surface area contributed by atoms with Crippen molar-refractivity contribution in [2.45, 2.75) is 81.8 Å². The smallest absolute Gasteiger partial charge is 0.0177 e. The Bertz CT molecular complexity index is 322. The molecule has 0 saturated carbocycles. The number of hydrogen-bond donors (Lipinski definition) is 1. The van der Waals surface area contributed by atoms with Crippen molar-refractivity contribution in [2.75, 3.05) is 4.43 Å². The Labute approximate surface area is 150 Å². The van der Waals surface area contributed by atoms with Crippen LogP contribution in [0.25, 0.3) is 0 Å². The molecule has 0 nitrogen and oxygen atoms in total. The molecule has 0 bridgehead atoms. The van der Waals surface area contributed by atoms with Gasteiger partial charge < -0.3 is 0 Å². The topological polar surface area (TPSA) is 0 Å². The summed E-state index contributed by atoms with van der Waals surface area (Å²) in [6.45, 7) is 14.2. The maximum absolute atomic E-state index is 4.87. The highest BCUT2D eigenvalue weighted by Gasteiger charge is 2.39. The predicted octanol–water partition coefficient (Wildman–Crippen LogP) is 6.25. The second kappa shape index (κ2) is 9.07. The molecular formula is C16H31IS3. The molecule has 120 valence electrons. The third-order valence-corrected chi connectivity index (χ3v) is 11.6. The van der Waals surface area contributed by atoms with Gasteiger partial charge in [0.1, 0.15) is 0 Å². The number of hydrogen-bond acceptors (Lipinski definition) is 3. The molecule has 0 N–H and O–H groups in total. The Morgan fingerprint density at radius 2 is 2.10 bits per heavy atom. The van der Waals surface area contributed by atoms with Crippen LogP contribution in [-0.4, -0.2) is 28.3 Å². The van der Waals surface area contributed by atoms with Gasteiger partial charge in [-0.05, 0) is 36.0 Å². The van der Waals surface area contributed by atoms with E-state index in [4.69, 9.17) is 12.6 Å². The minimum absolute atomic E-state index is 0.324. The van der Waals surface area contributed by atoms with Crippen LogP contribution in [0.5, 0.6) is 0 Å². The van der Waals surface area contributed by atoms with Crippen molar-refractivity contribution in [3.63, 3.8) is 0 Å². The SMILES string of the molecule is CCCI=C(C)S[C@@H](C)C[C@H]1S[C@@H](C(C)(C)C)CC1S. The van der Waals surface area contributed by atoms with E-state index in [2.05, 4.69) is 65.1 Å². The van der Waals surface area contributed by atoms with Crippen LogP contribution in [0, 0.1) is 5.41 Å². The lowest BCUT2D eigenvalue weighted by Gasteiger charge is -2.26. The van der Waals surface area contributed by atoms with Crippen LogP contribution in [0.1, 0.15) is 60.8 Å². The van der Waals surface area contributed by atoms with Crippen molar-refractivity contribution < 1.29 is 0 Å². The third-order valence-electron chi connectivity index (χ3n) is 3.59. The van der Waals surface area contributed by atoms with Crippen LogP contribution in [0.15, 0.2) is 0 Å². The van der Waals surface area contributed by atoms with Gasteiger partial charge in [-0.15, -0.1) is 32.5 Å². The summed E-state index contributed by atoms with van der Waals surface area (Å²) < 4.78 is 3.17. The first-order valence-electron chi connectivity index (χ1n) is 7.67. The van der Waals surface area contributed by atoms with Crippen molar-refractivity contribution in [1.82, 2.24) is 0 Å². The number of halogens is 1. The lowest BCUT2D eigenvalue weighted by Crippen LogP contribution is -2.20. The lowest BCUT2D eigenvalue weighted by molar-refractivity contribution is 0.387. The zero-order valence-corrected chi connectivity index (χ0v) is 18.5. The Hall–Kier alpha value is 1.65. The van der Waals surface area contributed by atoms with E-state index in [1.165, 1.54) is 23.7 Å². The molecule has 1 rings (SSSR count). The summed E-state index contributed by atoms with van der Waals surface area (Å²) >= 11 is 9.56. The number of rotatable bonds is 6. The monoisotopic (exact) mass is 446 g/mol. The normalized spacial score (nSPS) is 30.1. The molecule has 1 saturated heterocycles. The Kier molecular flexibility index (Phi) is 8.93. The van der Waals surface area contributed by atoms with Gasteiger partial charge in [-0.1, -0.05) is 34.6 Å². The van der Waals surface area contributed by atoms with E-state index in [9.17, 15) is 0 Å². The van der Waals surface area contributed by atoms with Crippen LogP contribution in [0.2, 0.25) is 0 Å². The van der Waals surface area contributed by atoms with Crippen LogP contribution < -0.4 is 0 Å². The van der Waals surface area contributed by atoms with Gasteiger partial charge in [0.2, 0.25) is 0 Å². The van der Waals surface area contributed by atoms with E-state index in [1.54, 1.807) is 2.84 Å². The van der Waals surface area contributed by atoms with E-state index in [1.807, 2.05) is 0 Å². The minimum atomic E-state index is 0.324. The molecule has 0 spiro atoms. The molecule has 0 aromatic heterocycles. The third kappa shape index (κ3) is 6.82. The second-order valence-electron chi connectivity index (χ2n) is 6.79. The molecule has 1 unspecified atom stereocenters. The summed E-state index contributed by atoms with van der Waals surface area (Å²) in [6, 6.07) is 0. The summed E-state index contributed by atoms with van der Waals surface area (Å²) in [4.78, 5) is 0. The Balaban J connectivity index is 2.44. The van der Waals surface area contributed by atoms with Crippen LogP contribution in [0.3, 0.4) is 0 Å². The average molecular weight is 447 g/mol. The molecule has 1 aliphatic heterocycles. The molecular weight excluding hydrogens is 415 g/mol. The molecule has 1 fully saturated rings. The summed E-state index contributed by atoms with van der Waals surface area (Å²) in [7, 11) is 0. The van der Waals surface area contributed by atoms with Crippen LogP contribution in [0.4, 0.5) is 0 Å². The first-order valence-corrected chi connectivity index (χ1v) is 12.6. The average Bonchev–Trinajstić information content (AvgIpc) is 2.68. The molecule has 0 radical (unpaired) electrons. The first-order chi connectivity index (χ1) is 9.24. The van der Waals surface area contributed by atoms with E-state index < -0.39 is 0 Å². The molecule has 4 heteroatoms. The van der Waals surface area contributed by atoms with Crippen LogP contribution >= 0.6 is 56.9 Å². The van der Waals surface area contributed by atoms with E-state index in [0.717, 1.165) is 15.7 Å². The standard InChI is InChI=1S/C16H31IS3/c1-7-8-17-12(3)19-11(2)9-14-13(18)10-15(20-14)16(4,5)6/h11,13-15,18H,7-10H2,1-6H3/t11-,13?,14+,15+/m0/s1. The molecule has 20 heavy (non-hydrogen) atoms. The highest BCUT2D eigenvalue weighted by atomic mass is 127. The lowest BCUT2D eigenvalue weighted by atomic mass is 9.89. The summed E-state index contributed by atoms with van der Waals surface area (Å²) in [6.07, 6.45) is 3.96. The number of thioether (sulfide) groups is 2. The molecule has 1 heterocycles. The van der Waals surface area contributed by atoms with Crippen molar-refractivity contribution in [2.24, 2.45) is 5.41 Å². The Morgan fingerprint density at radius 3 is 2.60 bits per heavy atom. The van der Waals surface area contributed by atoms with Crippen molar-refractivity contribution >= 4 is 59.7 Å². The molecule has 4 atom stereocenters. The fraction of sp³-hybridized carbons (Fsp3) is 0.938. The molecule has 1 aliphatic rings. The fourth-order valence-corrected chi connectivity index (χ4v) is 9.64. The largest absolute Gasteiger partial charge is 0.175 e. The van der Waals surface area contributed by atoms with E-state index in [-0.39, 0.29) is 0 Å². The van der Waals surface area contributed by atoms with E-state index in [0.29, 0.717) is 31.4 Å². The fourth-order valence-electron chi connectivity index (χ4n) is 2.41. The van der Waals surface area contributed by atoms with Gasteiger partial charge in [0.05, 0.1) is 0 Å². The van der Waals surface area contributed by atoms with Crippen molar-refractivity contribution in [1.29, 1.82) is 0 Å². The zero-order valence-electron chi connectivity index (χ0n) is 13.8. The van der Waals surface area contributed by atoms with Gasteiger partial charge in [0.25, 0.3) is 0 Å². The first kappa shape index (κ1) is 19.7. The number of alkyl halides is 1. The highest BCUT2D eigenvalue weighted by Crippen LogP contribution is 2.47. The van der Waals surface area contributed by atoms with Gasteiger partial charge in [-0.3, -0.25) is 0 Å².